The molecule has 3 aromatic rings. The Balaban J connectivity index is 1.50. The minimum absolute atomic E-state index is 0.0191. The number of amides is 1. The van der Waals surface area contributed by atoms with Gasteiger partial charge in [-0.2, -0.15) is 4.98 Å². The third-order valence-corrected chi connectivity index (χ3v) is 4.27. The van der Waals surface area contributed by atoms with Crippen molar-refractivity contribution in [3.05, 3.63) is 64.5 Å². The number of benzene rings is 2. The van der Waals surface area contributed by atoms with Gasteiger partial charge in [-0.25, -0.2) is 0 Å². The molecule has 1 aromatic heterocycles. The first-order valence-electron chi connectivity index (χ1n) is 8.47. The number of halogens is 1. The van der Waals surface area contributed by atoms with Crippen LogP contribution in [0.1, 0.15) is 29.9 Å². The van der Waals surface area contributed by atoms with Crippen molar-refractivity contribution in [3.63, 3.8) is 0 Å². The highest BCUT2D eigenvalue weighted by molar-refractivity contribution is 6.30. The molecule has 6 heteroatoms. The van der Waals surface area contributed by atoms with Gasteiger partial charge in [0.25, 0.3) is 0 Å². The summed E-state index contributed by atoms with van der Waals surface area (Å²) >= 11 is 5.88. The molecule has 0 saturated carbocycles. The summed E-state index contributed by atoms with van der Waals surface area (Å²) in [7, 11) is 0. The second-order valence-electron chi connectivity index (χ2n) is 6.24. The largest absolute Gasteiger partial charge is 0.339 e. The summed E-state index contributed by atoms with van der Waals surface area (Å²) in [5, 5.41) is 7.57. The van der Waals surface area contributed by atoms with Crippen molar-refractivity contribution >= 4 is 23.2 Å². The number of nitrogens with zero attached hydrogens (tertiary/aromatic N) is 2. The molecule has 1 amide bonds. The summed E-state index contributed by atoms with van der Waals surface area (Å²) in [6, 6.07) is 13.2. The average Bonchev–Trinajstić information content (AvgIpc) is 3.07. The smallest absolute Gasteiger partial charge is 0.226 e. The zero-order chi connectivity index (χ0) is 18.5. The van der Waals surface area contributed by atoms with E-state index in [4.69, 9.17) is 16.1 Å². The molecule has 3 rings (SSSR count). The predicted molar refractivity (Wildman–Crippen MR) is 102 cm³/mol. The van der Waals surface area contributed by atoms with Gasteiger partial charge >= 0.3 is 0 Å². The first-order chi connectivity index (χ1) is 12.5. The Morgan fingerprint density at radius 2 is 1.92 bits per heavy atom. The van der Waals surface area contributed by atoms with Gasteiger partial charge in [0, 0.05) is 29.1 Å². The molecule has 0 bridgehead atoms. The van der Waals surface area contributed by atoms with E-state index in [-0.39, 0.29) is 5.91 Å². The molecule has 134 valence electrons. The van der Waals surface area contributed by atoms with Crippen LogP contribution in [0.25, 0.3) is 11.4 Å². The maximum absolute atomic E-state index is 12.1. The minimum atomic E-state index is -0.0191. The van der Waals surface area contributed by atoms with Gasteiger partial charge in [-0.05, 0) is 56.2 Å². The molecular formula is C20H20ClN3O2. The van der Waals surface area contributed by atoms with E-state index in [0.29, 0.717) is 36.0 Å². The Morgan fingerprint density at radius 3 is 2.65 bits per heavy atom. The zero-order valence-electron chi connectivity index (χ0n) is 14.8. The fraction of sp³-hybridized carbons (Fsp3) is 0.250. The molecule has 0 aliphatic rings. The second kappa shape index (κ2) is 8.15. The molecule has 1 heterocycles. The highest BCUT2D eigenvalue weighted by atomic mass is 35.5. The van der Waals surface area contributed by atoms with Crippen molar-refractivity contribution < 1.29 is 9.32 Å². The lowest BCUT2D eigenvalue weighted by Gasteiger charge is -2.08. The molecule has 2 aromatic carbocycles. The van der Waals surface area contributed by atoms with Crippen molar-refractivity contribution in [2.24, 2.45) is 0 Å². The molecule has 0 radical (unpaired) electrons. The number of rotatable bonds is 6. The highest BCUT2D eigenvalue weighted by Crippen LogP contribution is 2.19. The van der Waals surface area contributed by atoms with Crippen LogP contribution in [0.3, 0.4) is 0 Å². The van der Waals surface area contributed by atoms with Gasteiger partial charge in [0.2, 0.25) is 17.6 Å². The van der Waals surface area contributed by atoms with E-state index in [2.05, 4.69) is 15.5 Å². The first kappa shape index (κ1) is 18.1. The van der Waals surface area contributed by atoms with Crippen LogP contribution in [-0.2, 0) is 11.2 Å². The number of anilines is 1. The van der Waals surface area contributed by atoms with Crippen molar-refractivity contribution in [3.8, 4) is 11.4 Å². The van der Waals surface area contributed by atoms with Crippen LogP contribution in [0, 0.1) is 13.8 Å². The van der Waals surface area contributed by atoms with Crippen molar-refractivity contribution in [2.75, 3.05) is 5.32 Å². The second-order valence-corrected chi connectivity index (χ2v) is 6.68. The molecular weight excluding hydrogens is 350 g/mol. The number of aromatic nitrogens is 2. The van der Waals surface area contributed by atoms with Crippen molar-refractivity contribution in [1.29, 1.82) is 0 Å². The van der Waals surface area contributed by atoms with Gasteiger partial charge in [0.05, 0.1) is 0 Å². The number of aryl methyl sites for hydroxylation is 3. The summed E-state index contributed by atoms with van der Waals surface area (Å²) in [4.78, 5) is 16.5. The Labute approximate surface area is 157 Å². The first-order valence-corrected chi connectivity index (χ1v) is 8.85. The Bertz CT molecular complexity index is 904. The lowest BCUT2D eigenvalue weighted by atomic mass is 10.1. The summed E-state index contributed by atoms with van der Waals surface area (Å²) < 4.78 is 5.26. The van der Waals surface area contributed by atoms with E-state index in [0.717, 1.165) is 16.8 Å². The third kappa shape index (κ3) is 4.70. The third-order valence-electron chi connectivity index (χ3n) is 4.02. The molecule has 5 nitrogen and oxygen atoms in total. The Morgan fingerprint density at radius 1 is 1.15 bits per heavy atom. The summed E-state index contributed by atoms with van der Waals surface area (Å²) in [6.07, 6.45) is 1.59. The SMILES string of the molecule is Cc1ccc(NC(=O)CCCc2nc(-c3ccc(Cl)cc3)no2)c(C)c1. The molecule has 0 saturated heterocycles. The van der Waals surface area contributed by atoms with Gasteiger partial charge in [0.15, 0.2) is 0 Å². The van der Waals surface area contributed by atoms with Crippen LogP contribution in [0.4, 0.5) is 5.69 Å². The molecule has 0 spiro atoms. The molecule has 26 heavy (non-hydrogen) atoms. The fourth-order valence-corrected chi connectivity index (χ4v) is 2.77. The van der Waals surface area contributed by atoms with E-state index in [9.17, 15) is 4.79 Å². The molecule has 0 unspecified atom stereocenters. The topological polar surface area (TPSA) is 68.0 Å². The van der Waals surface area contributed by atoms with Crippen LogP contribution in [0.15, 0.2) is 47.0 Å². The van der Waals surface area contributed by atoms with Gasteiger partial charge in [-0.1, -0.05) is 34.5 Å². The van der Waals surface area contributed by atoms with Crippen molar-refractivity contribution in [1.82, 2.24) is 10.1 Å². The van der Waals surface area contributed by atoms with Crippen LogP contribution in [0.5, 0.6) is 0 Å². The monoisotopic (exact) mass is 369 g/mol. The van der Waals surface area contributed by atoms with Crippen LogP contribution >= 0.6 is 11.6 Å². The van der Waals surface area contributed by atoms with Gasteiger partial charge < -0.3 is 9.84 Å². The molecule has 0 fully saturated rings. The van der Waals surface area contributed by atoms with Gasteiger partial charge in [-0.15, -0.1) is 0 Å². The lowest BCUT2D eigenvalue weighted by Crippen LogP contribution is -2.12. The Hall–Kier alpha value is -2.66. The normalized spacial score (nSPS) is 10.7. The number of hydrogen-bond donors (Lipinski definition) is 1. The maximum Gasteiger partial charge on any atom is 0.226 e. The maximum atomic E-state index is 12.1. The van der Waals surface area contributed by atoms with Crippen LogP contribution in [-0.4, -0.2) is 16.0 Å². The molecule has 0 aliphatic carbocycles. The van der Waals surface area contributed by atoms with Gasteiger partial charge in [-0.3, -0.25) is 4.79 Å². The summed E-state index contributed by atoms with van der Waals surface area (Å²) in [6.45, 7) is 4.01. The highest BCUT2D eigenvalue weighted by Gasteiger charge is 2.10. The molecule has 0 atom stereocenters. The number of hydrogen-bond acceptors (Lipinski definition) is 4. The van der Waals surface area contributed by atoms with Crippen LogP contribution in [0.2, 0.25) is 5.02 Å². The summed E-state index contributed by atoms with van der Waals surface area (Å²) in [5.74, 6) is 1.03. The Kier molecular flexibility index (Phi) is 5.68. The fourth-order valence-electron chi connectivity index (χ4n) is 2.64. The number of nitrogens with one attached hydrogen (secondary N) is 1. The van der Waals surface area contributed by atoms with E-state index >= 15 is 0 Å². The average molecular weight is 370 g/mol. The number of carbonyl (C=O) groups excluding carboxylic acids is 1. The van der Waals surface area contributed by atoms with Crippen LogP contribution < -0.4 is 5.32 Å². The van der Waals surface area contributed by atoms with Crippen molar-refractivity contribution in [2.45, 2.75) is 33.1 Å². The summed E-state index contributed by atoms with van der Waals surface area (Å²) in [5.41, 5.74) is 3.93. The van der Waals surface area contributed by atoms with E-state index in [1.165, 1.54) is 5.56 Å². The molecule has 0 aliphatic heterocycles. The number of carbonyl (C=O) groups is 1. The quantitative estimate of drug-likeness (QED) is 0.666. The molecule has 1 N–H and O–H groups in total. The predicted octanol–water partition coefficient (Wildman–Crippen LogP) is 4.97. The lowest BCUT2D eigenvalue weighted by molar-refractivity contribution is -0.116. The van der Waals surface area contributed by atoms with E-state index < -0.39 is 0 Å². The van der Waals surface area contributed by atoms with E-state index in [1.54, 1.807) is 12.1 Å². The minimum Gasteiger partial charge on any atom is -0.339 e. The van der Waals surface area contributed by atoms with E-state index in [1.807, 2.05) is 44.2 Å². The zero-order valence-corrected chi connectivity index (χ0v) is 15.5. The standard InChI is InChI=1S/C20H20ClN3O2/c1-13-6-11-17(14(2)12-13)22-18(25)4-3-5-19-23-20(24-26-19)15-7-9-16(21)10-8-15/h6-12H,3-5H2,1-2H3,(H,22,25). The van der Waals surface area contributed by atoms with Gasteiger partial charge in [0.1, 0.15) is 0 Å².